The number of benzene rings is 1. The minimum absolute atomic E-state index is 0.0145. The minimum Gasteiger partial charge on any atom is -0.465 e. The third kappa shape index (κ3) is 4.56. The highest BCUT2D eigenvalue weighted by Crippen LogP contribution is 2.22. The van der Waals surface area contributed by atoms with Gasteiger partial charge in [0.1, 0.15) is 17.8 Å². The van der Waals surface area contributed by atoms with Crippen molar-refractivity contribution in [2.24, 2.45) is 5.92 Å². The lowest BCUT2D eigenvalue weighted by atomic mass is 9.90. The minimum atomic E-state index is -0.722. The topological polar surface area (TPSA) is 81.5 Å². The fraction of sp³-hybridized carbons (Fsp3) is 0.360. The summed E-state index contributed by atoms with van der Waals surface area (Å²) in [4.78, 5) is 44.2. The van der Waals surface area contributed by atoms with Crippen LogP contribution in [-0.4, -0.2) is 46.5 Å². The van der Waals surface area contributed by atoms with E-state index in [1.807, 2.05) is 17.9 Å². The van der Waals surface area contributed by atoms with Crippen LogP contribution >= 0.6 is 0 Å². The molecule has 32 heavy (non-hydrogen) atoms. The lowest BCUT2D eigenvalue weighted by Gasteiger charge is -2.32. The van der Waals surface area contributed by atoms with Crippen molar-refractivity contribution < 1.29 is 14.3 Å². The lowest BCUT2D eigenvalue weighted by molar-refractivity contribution is -0.133. The number of aryl methyl sites for hydroxylation is 1. The second kappa shape index (κ2) is 9.34. The van der Waals surface area contributed by atoms with E-state index in [0.717, 1.165) is 25.0 Å². The van der Waals surface area contributed by atoms with Crippen LogP contribution in [0.2, 0.25) is 0 Å². The fourth-order valence-corrected chi connectivity index (χ4v) is 4.32. The average Bonchev–Trinajstić information content (AvgIpc) is 2.81. The van der Waals surface area contributed by atoms with Gasteiger partial charge in [0.2, 0.25) is 11.3 Å². The molecule has 2 aromatic heterocycles. The SMILES string of the molecule is COC(=O)c1cn(CC(=O)N2CCC(Cc3ccccc3)CC2)c2nc(C)ccc2c1=O. The highest BCUT2D eigenvalue weighted by Gasteiger charge is 2.24. The first kappa shape index (κ1) is 21.7. The summed E-state index contributed by atoms with van der Waals surface area (Å²) < 4.78 is 6.35. The number of hydrogen-bond acceptors (Lipinski definition) is 5. The van der Waals surface area contributed by atoms with Crippen LogP contribution in [-0.2, 0) is 22.5 Å². The molecule has 166 valence electrons. The van der Waals surface area contributed by atoms with Crippen molar-refractivity contribution in [1.82, 2.24) is 14.5 Å². The molecule has 1 aliphatic heterocycles. The molecule has 7 nitrogen and oxygen atoms in total. The van der Waals surface area contributed by atoms with Gasteiger partial charge in [-0.05, 0) is 49.8 Å². The summed E-state index contributed by atoms with van der Waals surface area (Å²) in [7, 11) is 1.23. The maximum Gasteiger partial charge on any atom is 0.343 e. The van der Waals surface area contributed by atoms with E-state index >= 15 is 0 Å². The van der Waals surface area contributed by atoms with E-state index in [4.69, 9.17) is 4.74 Å². The van der Waals surface area contributed by atoms with Crippen molar-refractivity contribution in [2.75, 3.05) is 20.2 Å². The van der Waals surface area contributed by atoms with Crippen LogP contribution in [0.4, 0.5) is 0 Å². The molecule has 0 saturated carbocycles. The second-order valence-electron chi connectivity index (χ2n) is 8.33. The Labute approximate surface area is 186 Å². The number of pyridine rings is 2. The first-order chi connectivity index (χ1) is 15.5. The molecule has 0 unspecified atom stereocenters. The van der Waals surface area contributed by atoms with Gasteiger partial charge in [-0.1, -0.05) is 30.3 Å². The number of aromatic nitrogens is 2. The fourth-order valence-electron chi connectivity index (χ4n) is 4.32. The summed E-state index contributed by atoms with van der Waals surface area (Å²) in [5, 5.41) is 0.299. The Morgan fingerprint density at radius 1 is 1.09 bits per heavy atom. The highest BCUT2D eigenvalue weighted by molar-refractivity contribution is 5.93. The number of piperidine rings is 1. The van der Waals surface area contributed by atoms with E-state index in [2.05, 4.69) is 29.2 Å². The normalized spacial score (nSPS) is 14.5. The summed E-state index contributed by atoms with van der Waals surface area (Å²) in [5.41, 5.74) is 1.92. The van der Waals surface area contributed by atoms with Crippen molar-refractivity contribution in [3.63, 3.8) is 0 Å². The lowest BCUT2D eigenvalue weighted by Crippen LogP contribution is -2.41. The Balaban J connectivity index is 1.51. The van der Waals surface area contributed by atoms with Gasteiger partial charge < -0.3 is 14.2 Å². The van der Waals surface area contributed by atoms with Crippen LogP contribution < -0.4 is 5.43 Å². The maximum atomic E-state index is 13.1. The Hall–Kier alpha value is -3.48. The Kier molecular flexibility index (Phi) is 6.35. The molecule has 1 amide bonds. The quantitative estimate of drug-likeness (QED) is 0.578. The number of fused-ring (bicyclic) bond motifs is 1. The van der Waals surface area contributed by atoms with E-state index in [1.54, 1.807) is 16.7 Å². The third-order valence-electron chi connectivity index (χ3n) is 6.11. The zero-order valence-electron chi connectivity index (χ0n) is 18.4. The monoisotopic (exact) mass is 433 g/mol. The van der Waals surface area contributed by atoms with Gasteiger partial charge in [0.25, 0.3) is 0 Å². The molecule has 3 aromatic rings. The van der Waals surface area contributed by atoms with E-state index < -0.39 is 11.4 Å². The maximum absolute atomic E-state index is 13.1. The number of rotatable bonds is 5. The van der Waals surface area contributed by atoms with Crippen molar-refractivity contribution in [2.45, 2.75) is 32.7 Å². The van der Waals surface area contributed by atoms with Crippen molar-refractivity contribution in [1.29, 1.82) is 0 Å². The molecule has 1 saturated heterocycles. The molecule has 7 heteroatoms. The average molecular weight is 434 g/mol. The third-order valence-corrected chi connectivity index (χ3v) is 6.11. The first-order valence-electron chi connectivity index (χ1n) is 10.9. The molecule has 1 aliphatic rings. The Morgan fingerprint density at radius 3 is 2.50 bits per heavy atom. The smallest absolute Gasteiger partial charge is 0.343 e. The summed E-state index contributed by atoms with van der Waals surface area (Å²) in [5.74, 6) is -0.211. The number of carbonyl (C=O) groups excluding carboxylic acids is 2. The standard InChI is InChI=1S/C25H27N3O4/c1-17-8-9-20-23(30)21(25(31)32-2)15-28(24(20)26-17)16-22(29)27-12-10-19(11-13-27)14-18-6-4-3-5-7-18/h3-9,15,19H,10-14,16H2,1-2H3. The van der Waals surface area contributed by atoms with Crippen molar-refractivity contribution in [3.8, 4) is 0 Å². The number of ether oxygens (including phenoxy) is 1. The van der Waals surface area contributed by atoms with Crippen LogP contribution in [0.5, 0.6) is 0 Å². The van der Waals surface area contributed by atoms with Gasteiger partial charge in [-0.2, -0.15) is 0 Å². The molecular weight excluding hydrogens is 406 g/mol. The number of carbonyl (C=O) groups is 2. The van der Waals surface area contributed by atoms with Gasteiger partial charge in [0, 0.05) is 25.0 Å². The summed E-state index contributed by atoms with van der Waals surface area (Å²) in [6, 6.07) is 13.8. The molecule has 0 spiro atoms. The molecule has 0 bridgehead atoms. The molecule has 0 aliphatic carbocycles. The van der Waals surface area contributed by atoms with Gasteiger partial charge in [-0.3, -0.25) is 9.59 Å². The molecule has 0 radical (unpaired) electrons. The van der Waals surface area contributed by atoms with Crippen LogP contribution in [0.1, 0.15) is 34.5 Å². The van der Waals surface area contributed by atoms with Crippen LogP contribution in [0, 0.1) is 12.8 Å². The predicted octanol–water partition coefficient (Wildman–Crippen LogP) is 2.97. The number of methoxy groups -OCH3 is 1. The van der Waals surface area contributed by atoms with Crippen LogP contribution in [0.15, 0.2) is 53.5 Å². The molecule has 1 aromatic carbocycles. The zero-order chi connectivity index (χ0) is 22.7. The summed E-state index contributed by atoms with van der Waals surface area (Å²) in [6.07, 6.45) is 4.33. The van der Waals surface area contributed by atoms with E-state index in [-0.39, 0.29) is 18.0 Å². The number of esters is 1. The summed E-state index contributed by atoms with van der Waals surface area (Å²) >= 11 is 0. The van der Waals surface area contributed by atoms with E-state index in [0.29, 0.717) is 30.0 Å². The summed E-state index contributed by atoms with van der Waals surface area (Å²) in [6.45, 7) is 3.23. The van der Waals surface area contributed by atoms with Gasteiger partial charge in [-0.15, -0.1) is 0 Å². The number of nitrogens with zero attached hydrogens (tertiary/aromatic N) is 3. The number of hydrogen-bond donors (Lipinski definition) is 0. The van der Waals surface area contributed by atoms with Crippen molar-refractivity contribution >= 4 is 22.9 Å². The molecular formula is C25H27N3O4. The Morgan fingerprint density at radius 2 is 1.81 bits per heavy atom. The Bertz CT molecular complexity index is 1200. The predicted molar refractivity (Wildman–Crippen MR) is 122 cm³/mol. The van der Waals surface area contributed by atoms with Crippen LogP contribution in [0.25, 0.3) is 11.0 Å². The van der Waals surface area contributed by atoms with E-state index in [9.17, 15) is 14.4 Å². The number of likely N-dealkylation sites (tertiary alicyclic amines) is 1. The zero-order valence-corrected chi connectivity index (χ0v) is 18.4. The van der Waals surface area contributed by atoms with Crippen LogP contribution in [0.3, 0.4) is 0 Å². The molecule has 4 rings (SSSR count). The van der Waals surface area contributed by atoms with Gasteiger partial charge in [-0.25, -0.2) is 9.78 Å². The van der Waals surface area contributed by atoms with Gasteiger partial charge >= 0.3 is 5.97 Å². The number of amides is 1. The van der Waals surface area contributed by atoms with Crippen molar-refractivity contribution in [3.05, 3.63) is 75.7 Å². The largest absolute Gasteiger partial charge is 0.465 e. The van der Waals surface area contributed by atoms with E-state index in [1.165, 1.54) is 18.9 Å². The molecule has 0 atom stereocenters. The first-order valence-corrected chi connectivity index (χ1v) is 10.9. The molecule has 0 N–H and O–H groups in total. The second-order valence-corrected chi connectivity index (χ2v) is 8.33. The van der Waals surface area contributed by atoms with Gasteiger partial charge in [0.15, 0.2) is 0 Å². The van der Waals surface area contributed by atoms with Gasteiger partial charge in [0.05, 0.1) is 12.5 Å². The molecule has 1 fully saturated rings. The molecule has 3 heterocycles. The highest BCUT2D eigenvalue weighted by atomic mass is 16.5.